The van der Waals surface area contributed by atoms with Crippen molar-refractivity contribution in [1.29, 1.82) is 0 Å². The van der Waals surface area contributed by atoms with Crippen LogP contribution in [0.4, 0.5) is 0 Å². The van der Waals surface area contributed by atoms with E-state index in [1.165, 1.54) is 10.5 Å². The van der Waals surface area contributed by atoms with Gasteiger partial charge in [0.2, 0.25) is 11.8 Å². The molecule has 3 rings (SSSR count). The molecule has 1 aromatic rings. The number of imide groups is 1. The maximum atomic E-state index is 11.8. The second-order valence-corrected chi connectivity index (χ2v) is 5.85. The molecule has 1 aromatic carbocycles. The van der Waals surface area contributed by atoms with Crippen LogP contribution in [0.5, 0.6) is 5.75 Å². The van der Waals surface area contributed by atoms with Crippen LogP contribution in [-0.4, -0.2) is 43.0 Å². The minimum atomic E-state index is -0.329. The molecule has 1 saturated carbocycles. The van der Waals surface area contributed by atoms with Crippen LogP contribution in [0.1, 0.15) is 30.7 Å². The van der Waals surface area contributed by atoms with Crippen molar-refractivity contribution in [1.82, 2.24) is 10.2 Å². The van der Waals surface area contributed by atoms with Crippen molar-refractivity contribution in [2.24, 2.45) is 0 Å². The Labute approximate surface area is 124 Å². The van der Waals surface area contributed by atoms with Crippen molar-refractivity contribution in [2.45, 2.75) is 37.3 Å². The van der Waals surface area contributed by atoms with E-state index in [0.717, 1.165) is 18.6 Å². The number of carbonyl (C=O) groups is 2. The molecule has 2 fully saturated rings. The van der Waals surface area contributed by atoms with Crippen LogP contribution >= 0.6 is 0 Å². The van der Waals surface area contributed by atoms with Gasteiger partial charge in [0.1, 0.15) is 5.75 Å². The van der Waals surface area contributed by atoms with Gasteiger partial charge in [-0.3, -0.25) is 14.5 Å². The summed E-state index contributed by atoms with van der Waals surface area (Å²) in [6.45, 7) is 0. The van der Waals surface area contributed by atoms with Gasteiger partial charge in [-0.15, -0.1) is 0 Å². The molecular formula is C16H20N2O3. The number of hydrogen-bond acceptors (Lipinski definition) is 4. The van der Waals surface area contributed by atoms with Gasteiger partial charge in [0.05, 0.1) is 19.6 Å². The van der Waals surface area contributed by atoms with Crippen LogP contribution < -0.4 is 10.1 Å². The molecule has 21 heavy (non-hydrogen) atoms. The fraction of sp³-hybridized carbons (Fsp3) is 0.500. The Morgan fingerprint density at radius 1 is 1.19 bits per heavy atom. The van der Waals surface area contributed by atoms with Crippen LogP contribution in [0.3, 0.4) is 0 Å². The van der Waals surface area contributed by atoms with E-state index in [9.17, 15) is 9.59 Å². The highest BCUT2D eigenvalue weighted by atomic mass is 16.5. The van der Waals surface area contributed by atoms with Gasteiger partial charge in [0.25, 0.3) is 0 Å². The zero-order valence-electron chi connectivity index (χ0n) is 12.3. The molecule has 2 amide bonds. The summed E-state index contributed by atoms with van der Waals surface area (Å²) in [5.41, 5.74) is 1.31. The Hall–Kier alpha value is -1.88. The summed E-state index contributed by atoms with van der Waals surface area (Å²) in [6.07, 6.45) is 2.31. The lowest BCUT2D eigenvalue weighted by atomic mass is 9.75. The molecule has 1 aliphatic heterocycles. The lowest BCUT2D eigenvalue weighted by molar-refractivity contribution is -0.137. The lowest BCUT2D eigenvalue weighted by Crippen LogP contribution is -2.48. The number of likely N-dealkylation sites (tertiary alicyclic amines) is 1. The predicted molar refractivity (Wildman–Crippen MR) is 78.1 cm³/mol. The molecule has 112 valence electrons. The summed E-state index contributed by atoms with van der Waals surface area (Å²) in [7, 11) is 3.21. The van der Waals surface area contributed by atoms with Crippen molar-refractivity contribution >= 4 is 11.8 Å². The standard InChI is InChI=1S/C16H20N2O3/c1-18-15(19)9-14(16(18)20)17-12-7-11(8-12)10-3-5-13(21-2)6-4-10/h3-6,11-12,14,17H,7-9H2,1-2H3. The number of nitrogens with one attached hydrogen (secondary N) is 1. The molecule has 1 unspecified atom stereocenters. The summed E-state index contributed by atoms with van der Waals surface area (Å²) >= 11 is 0. The Morgan fingerprint density at radius 2 is 1.86 bits per heavy atom. The highest BCUT2D eigenvalue weighted by Crippen LogP contribution is 2.38. The van der Waals surface area contributed by atoms with Crippen molar-refractivity contribution in [3.8, 4) is 5.75 Å². The lowest BCUT2D eigenvalue weighted by Gasteiger charge is -2.37. The highest BCUT2D eigenvalue weighted by Gasteiger charge is 2.40. The van der Waals surface area contributed by atoms with Crippen LogP contribution in [-0.2, 0) is 9.59 Å². The first-order chi connectivity index (χ1) is 10.1. The van der Waals surface area contributed by atoms with E-state index in [-0.39, 0.29) is 17.9 Å². The zero-order chi connectivity index (χ0) is 15.0. The molecule has 1 atom stereocenters. The van der Waals surface area contributed by atoms with E-state index >= 15 is 0 Å². The van der Waals surface area contributed by atoms with Crippen molar-refractivity contribution in [2.75, 3.05) is 14.2 Å². The zero-order valence-corrected chi connectivity index (χ0v) is 12.3. The first-order valence-electron chi connectivity index (χ1n) is 7.29. The van der Waals surface area contributed by atoms with Crippen molar-refractivity contribution < 1.29 is 14.3 Å². The van der Waals surface area contributed by atoms with Gasteiger partial charge in [0, 0.05) is 13.1 Å². The van der Waals surface area contributed by atoms with Gasteiger partial charge in [-0.1, -0.05) is 12.1 Å². The smallest absolute Gasteiger partial charge is 0.246 e. The Morgan fingerprint density at radius 3 is 2.38 bits per heavy atom. The molecule has 1 N–H and O–H groups in total. The van der Waals surface area contributed by atoms with Gasteiger partial charge in [0.15, 0.2) is 0 Å². The van der Waals surface area contributed by atoms with E-state index in [1.807, 2.05) is 12.1 Å². The number of methoxy groups -OCH3 is 1. The molecule has 1 heterocycles. The quantitative estimate of drug-likeness (QED) is 0.848. The summed E-state index contributed by atoms with van der Waals surface area (Å²) in [5, 5.41) is 3.31. The second kappa shape index (κ2) is 5.48. The average Bonchev–Trinajstić information content (AvgIpc) is 2.70. The van der Waals surface area contributed by atoms with E-state index in [4.69, 9.17) is 4.74 Å². The fourth-order valence-electron chi connectivity index (χ4n) is 3.07. The summed E-state index contributed by atoms with van der Waals surface area (Å²) in [6, 6.07) is 8.14. The summed E-state index contributed by atoms with van der Waals surface area (Å²) in [5.74, 6) is 1.20. The molecule has 2 aliphatic rings. The predicted octanol–water partition coefficient (Wildman–Crippen LogP) is 1.29. The van der Waals surface area contributed by atoms with Gasteiger partial charge >= 0.3 is 0 Å². The number of benzene rings is 1. The summed E-state index contributed by atoms with van der Waals surface area (Å²) < 4.78 is 5.16. The molecule has 0 bridgehead atoms. The minimum absolute atomic E-state index is 0.0940. The normalized spacial score (nSPS) is 28.7. The molecule has 5 nitrogen and oxygen atoms in total. The van der Waals surface area contributed by atoms with Crippen LogP contribution in [0.15, 0.2) is 24.3 Å². The van der Waals surface area contributed by atoms with Gasteiger partial charge in [-0.2, -0.15) is 0 Å². The van der Waals surface area contributed by atoms with E-state index < -0.39 is 0 Å². The topological polar surface area (TPSA) is 58.6 Å². The third-order valence-corrected chi connectivity index (χ3v) is 4.54. The number of ether oxygens (including phenoxy) is 1. The Kier molecular flexibility index (Phi) is 3.68. The maximum absolute atomic E-state index is 11.8. The van der Waals surface area contributed by atoms with Crippen LogP contribution in [0, 0.1) is 0 Å². The molecule has 1 saturated heterocycles. The number of carbonyl (C=O) groups excluding carboxylic acids is 2. The van der Waals surface area contributed by atoms with Gasteiger partial charge in [-0.25, -0.2) is 0 Å². The molecule has 0 radical (unpaired) electrons. The molecule has 0 aromatic heterocycles. The number of rotatable bonds is 4. The monoisotopic (exact) mass is 288 g/mol. The molecule has 1 aliphatic carbocycles. The largest absolute Gasteiger partial charge is 0.497 e. The Balaban J connectivity index is 1.52. The highest BCUT2D eigenvalue weighted by molar-refractivity contribution is 6.05. The third-order valence-electron chi connectivity index (χ3n) is 4.54. The first kappa shape index (κ1) is 14.1. The van der Waals surface area contributed by atoms with Crippen LogP contribution in [0.25, 0.3) is 0 Å². The third kappa shape index (κ3) is 2.65. The number of hydrogen-bond donors (Lipinski definition) is 1. The Bertz CT molecular complexity index is 549. The average molecular weight is 288 g/mol. The van der Waals surface area contributed by atoms with E-state index in [2.05, 4.69) is 17.4 Å². The first-order valence-corrected chi connectivity index (χ1v) is 7.29. The van der Waals surface area contributed by atoms with Crippen molar-refractivity contribution in [3.63, 3.8) is 0 Å². The second-order valence-electron chi connectivity index (χ2n) is 5.85. The fourth-order valence-corrected chi connectivity index (χ4v) is 3.07. The number of nitrogens with zero attached hydrogens (tertiary/aromatic N) is 1. The number of likely N-dealkylation sites (N-methyl/N-ethyl adjacent to an activating group) is 1. The molecule has 0 spiro atoms. The molecular weight excluding hydrogens is 268 g/mol. The molecule has 5 heteroatoms. The van der Waals surface area contributed by atoms with E-state index in [0.29, 0.717) is 18.4 Å². The SMILES string of the molecule is COc1ccc(C2CC(NC3CC(=O)N(C)C3=O)C2)cc1. The number of amides is 2. The minimum Gasteiger partial charge on any atom is -0.497 e. The van der Waals surface area contributed by atoms with E-state index in [1.54, 1.807) is 14.2 Å². The van der Waals surface area contributed by atoms with Gasteiger partial charge in [-0.05, 0) is 36.5 Å². The van der Waals surface area contributed by atoms with Gasteiger partial charge < -0.3 is 10.1 Å². The van der Waals surface area contributed by atoms with Crippen molar-refractivity contribution in [3.05, 3.63) is 29.8 Å². The maximum Gasteiger partial charge on any atom is 0.246 e. The summed E-state index contributed by atoms with van der Waals surface area (Å²) in [4.78, 5) is 24.5. The van der Waals surface area contributed by atoms with Crippen LogP contribution in [0.2, 0.25) is 0 Å².